The molecule has 1 aliphatic heterocycles. The number of anilines is 1. The Hall–Kier alpha value is -1.62. The highest BCUT2D eigenvalue weighted by Gasteiger charge is 2.29. The molecule has 0 amide bonds. The monoisotopic (exact) mass is 417 g/mol. The van der Waals surface area contributed by atoms with Gasteiger partial charge in [0.2, 0.25) is 0 Å². The lowest BCUT2D eigenvalue weighted by molar-refractivity contribution is 0.460. The highest BCUT2D eigenvalue weighted by Crippen LogP contribution is 2.41. The minimum atomic E-state index is 0.268. The number of hydrazone groups is 1. The lowest BCUT2D eigenvalue weighted by Gasteiger charge is -2.30. The summed E-state index contributed by atoms with van der Waals surface area (Å²) in [6.07, 6.45) is 4.58. The third kappa shape index (κ3) is 3.98. The molecule has 2 aliphatic rings. The first-order chi connectivity index (χ1) is 13.1. The smallest absolute Gasteiger partial charge is 0.132 e. The Kier molecular flexibility index (Phi) is 5.67. The molecule has 1 saturated carbocycles. The molecule has 1 fully saturated rings. The van der Waals surface area contributed by atoms with Crippen LogP contribution in [0.4, 0.5) is 5.69 Å². The summed E-state index contributed by atoms with van der Waals surface area (Å²) in [5.41, 5.74) is 3.37. The molecule has 2 aromatic carbocycles. The first-order valence-corrected chi connectivity index (χ1v) is 10.7. The molecule has 27 heavy (non-hydrogen) atoms. The maximum atomic E-state index is 6.38. The number of nitrogens with one attached hydrogen (secondary N) is 1. The van der Waals surface area contributed by atoms with Crippen LogP contribution in [-0.4, -0.2) is 23.1 Å². The van der Waals surface area contributed by atoms with Crippen molar-refractivity contribution in [3.05, 3.63) is 74.7 Å². The van der Waals surface area contributed by atoms with E-state index >= 15 is 0 Å². The summed E-state index contributed by atoms with van der Waals surface area (Å²) in [5, 5.41) is 14.0. The van der Waals surface area contributed by atoms with E-state index in [1.54, 1.807) is 11.8 Å². The van der Waals surface area contributed by atoms with E-state index < -0.39 is 0 Å². The molecule has 0 bridgehead atoms. The van der Waals surface area contributed by atoms with Gasteiger partial charge in [-0.2, -0.15) is 5.10 Å². The fraction of sp³-hybridized carbons (Fsp3) is 0.286. The largest absolute Gasteiger partial charge is 0.377 e. The number of hydrogen-bond donors (Lipinski definition) is 1. The summed E-state index contributed by atoms with van der Waals surface area (Å²) in [7, 11) is 2.01. The van der Waals surface area contributed by atoms with Gasteiger partial charge in [-0.1, -0.05) is 60.0 Å². The van der Waals surface area contributed by atoms with Crippen molar-refractivity contribution in [2.24, 2.45) is 5.10 Å². The predicted molar refractivity (Wildman–Crippen MR) is 118 cm³/mol. The predicted octanol–water partition coefficient (Wildman–Crippen LogP) is 6.60. The summed E-state index contributed by atoms with van der Waals surface area (Å²) in [6.45, 7) is 0. The number of thioether (sulfide) groups is 1. The summed E-state index contributed by atoms with van der Waals surface area (Å²) in [6, 6.07) is 16.1. The first kappa shape index (κ1) is 18.7. The molecule has 1 aliphatic carbocycles. The van der Waals surface area contributed by atoms with Crippen LogP contribution in [0.2, 0.25) is 10.0 Å². The zero-order chi connectivity index (χ0) is 18.8. The number of halogens is 2. The fourth-order valence-electron chi connectivity index (χ4n) is 3.57. The van der Waals surface area contributed by atoms with Crippen molar-refractivity contribution in [3.8, 4) is 0 Å². The van der Waals surface area contributed by atoms with Crippen LogP contribution in [0.3, 0.4) is 0 Å². The van der Waals surface area contributed by atoms with Crippen molar-refractivity contribution in [1.29, 1.82) is 0 Å². The highest BCUT2D eigenvalue weighted by molar-refractivity contribution is 8.17. The number of para-hydroxylation sites is 1. The second kappa shape index (κ2) is 8.17. The number of rotatable bonds is 3. The second-order valence-electron chi connectivity index (χ2n) is 6.76. The van der Waals surface area contributed by atoms with Gasteiger partial charge in [0.15, 0.2) is 0 Å². The molecule has 0 saturated heterocycles. The third-order valence-electron chi connectivity index (χ3n) is 4.92. The Morgan fingerprint density at radius 2 is 1.78 bits per heavy atom. The molecule has 1 heterocycles. The summed E-state index contributed by atoms with van der Waals surface area (Å²) < 4.78 is 0. The van der Waals surface area contributed by atoms with E-state index in [0.717, 1.165) is 39.2 Å². The van der Waals surface area contributed by atoms with Gasteiger partial charge in [0.1, 0.15) is 5.04 Å². The molecule has 2 aromatic rings. The van der Waals surface area contributed by atoms with Crippen LogP contribution in [0.1, 0.15) is 31.2 Å². The van der Waals surface area contributed by atoms with Gasteiger partial charge < -0.3 is 5.32 Å². The SMILES string of the molecule is CN1N=C(c2ccccc2Cl)S/C1=C1\CCCCC1Nc1ccccc1Cl. The molecule has 0 radical (unpaired) electrons. The van der Waals surface area contributed by atoms with Crippen molar-refractivity contribution in [2.45, 2.75) is 31.7 Å². The van der Waals surface area contributed by atoms with Gasteiger partial charge in [-0.25, -0.2) is 0 Å². The minimum Gasteiger partial charge on any atom is -0.377 e. The average molecular weight is 418 g/mol. The van der Waals surface area contributed by atoms with Crippen LogP contribution < -0.4 is 5.32 Å². The number of nitrogens with zero attached hydrogens (tertiary/aromatic N) is 2. The summed E-state index contributed by atoms with van der Waals surface area (Å²) >= 11 is 14.5. The molecule has 6 heteroatoms. The minimum absolute atomic E-state index is 0.268. The zero-order valence-corrected chi connectivity index (χ0v) is 17.4. The standard InChI is InChI=1S/C21H21Cl2N3S/c1-26-21(27-20(25-26)14-8-2-4-10-16(14)22)15-9-3-6-12-18(15)24-19-13-7-5-11-17(19)23/h2,4-5,7-8,10-11,13,18,24H,3,6,9,12H2,1H3/b21-15+. The number of hydrogen-bond acceptors (Lipinski definition) is 4. The molecule has 3 nitrogen and oxygen atoms in total. The molecule has 1 atom stereocenters. The molecule has 0 spiro atoms. The summed E-state index contributed by atoms with van der Waals surface area (Å²) in [4.78, 5) is 0. The van der Waals surface area contributed by atoms with Gasteiger partial charge in [0, 0.05) is 12.6 Å². The fourth-order valence-corrected chi connectivity index (χ4v) is 5.22. The van der Waals surface area contributed by atoms with Gasteiger partial charge in [-0.3, -0.25) is 5.01 Å². The Bertz CT molecular complexity index is 910. The lowest BCUT2D eigenvalue weighted by atomic mass is 9.90. The Morgan fingerprint density at radius 1 is 1.04 bits per heavy atom. The van der Waals surface area contributed by atoms with E-state index in [4.69, 9.17) is 28.3 Å². The summed E-state index contributed by atoms with van der Waals surface area (Å²) in [5.74, 6) is 0. The van der Waals surface area contributed by atoms with E-state index in [0.29, 0.717) is 0 Å². The topological polar surface area (TPSA) is 27.6 Å². The van der Waals surface area contributed by atoms with Crippen LogP contribution in [0.15, 0.2) is 64.2 Å². The number of benzene rings is 2. The van der Waals surface area contributed by atoms with E-state index in [1.807, 2.05) is 60.6 Å². The molecular formula is C21H21Cl2N3S. The van der Waals surface area contributed by atoms with E-state index in [9.17, 15) is 0 Å². The van der Waals surface area contributed by atoms with Crippen molar-refractivity contribution in [2.75, 3.05) is 12.4 Å². The quantitative estimate of drug-likeness (QED) is 0.609. The van der Waals surface area contributed by atoms with E-state index in [1.165, 1.54) is 23.4 Å². The van der Waals surface area contributed by atoms with Crippen molar-refractivity contribution in [1.82, 2.24) is 5.01 Å². The maximum absolute atomic E-state index is 6.38. The molecule has 4 rings (SSSR count). The molecule has 1 unspecified atom stereocenters. The van der Waals surface area contributed by atoms with Crippen LogP contribution in [0, 0.1) is 0 Å². The van der Waals surface area contributed by atoms with Gasteiger partial charge >= 0.3 is 0 Å². The third-order valence-corrected chi connectivity index (χ3v) is 6.79. The van der Waals surface area contributed by atoms with Crippen molar-refractivity contribution < 1.29 is 0 Å². The first-order valence-electron chi connectivity index (χ1n) is 9.12. The van der Waals surface area contributed by atoms with Crippen molar-refractivity contribution >= 4 is 45.7 Å². The van der Waals surface area contributed by atoms with Gasteiger partial charge in [0.05, 0.1) is 26.8 Å². The molecule has 0 aromatic heterocycles. The van der Waals surface area contributed by atoms with Gasteiger partial charge in [-0.05, 0) is 54.8 Å². The average Bonchev–Trinajstić information content (AvgIpc) is 3.06. The van der Waals surface area contributed by atoms with Crippen LogP contribution in [0.25, 0.3) is 0 Å². The van der Waals surface area contributed by atoms with Crippen LogP contribution in [-0.2, 0) is 0 Å². The second-order valence-corrected chi connectivity index (χ2v) is 8.56. The molecule has 1 N–H and O–H groups in total. The zero-order valence-electron chi connectivity index (χ0n) is 15.1. The Balaban J connectivity index is 1.62. The van der Waals surface area contributed by atoms with Gasteiger partial charge in [-0.15, -0.1) is 0 Å². The van der Waals surface area contributed by atoms with E-state index in [2.05, 4.69) is 5.32 Å². The van der Waals surface area contributed by atoms with Gasteiger partial charge in [0.25, 0.3) is 0 Å². The molecular weight excluding hydrogens is 397 g/mol. The Labute approximate surface area is 174 Å². The van der Waals surface area contributed by atoms with Crippen LogP contribution in [0.5, 0.6) is 0 Å². The van der Waals surface area contributed by atoms with Crippen LogP contribution >= 0.6 is 35.0 Å². The van der Waals surface area contributed by atoms with Crippen molar-refractivity contribution in [3.63, 3.8) is 0 Å². The normalized spacial score (nSPS) is 22.7. The molecule has 140 valence electrons. The van der Waals surface area contributed by atoms with E-state index in [-0.39, 0.29) is 6.04 Å². The highest BCUT2D eigenvalue weighted by atomic mass is 35.5. The maximum Gasteiger partial charge on any atom is 0.132 e. The lowest BCUT2D eigenvalue weighted by Crippen LogP contribution is -2.28. The Morgan fingerprint density at radius 3 is 2.56 bits per heavy atom.